The summed E-state index contributed by atoms with van der Waals surface area (Å²) in [5.41, 5.74) is 6.14. The van der Waals surface area contributed by atoms with Crippen LogP contribution in [-0.4, -0.2) is 19.1 Å². The molecule has 2 saturated carbocycles. The van der Waals surface area contributed by atoms with E-state index in [-0.39, 0.29) is 11.9 Å². The monoisotopic (exact) mass is 197 g/mol. The lowest BCUT2D eigenvalue weighted by Gasteiger charge is -2.43. The molecule has 80 valence electrons. The van der Waals surface area contributed by atoms with Gasteiger partial charge in [-0.25, -0.2) is 0 Å². The van der Waals surface area contributed by atoms with Crippen LogP contribution in [0, 0.1) is 17.8 Å². The molecule has 2 N–H and O–H groups in total. The molecular weight excluding hydrogens is 178 g/mol. The van der Waals surface area contributed by atoms with Crippen LogP contribution in [0.5, 0.6) is 0 Å². The Hall–Kier alpha value is -0.570. The summed E-state index contributed by atoms with van der Waals surface area (Å²) in [6, 6.07) is 0.338. The first-order valence-electron chi connectivity index (χ1n) is 5.55. The second kappa shape index (κ2) is 3.89. The molecule has 2 atom stereocenters. The van der Waals surface area contributed by atoms with E-state index in [4.69, 9.17) is 10.5 Å². The van der Waals surface area contributed by atoms with Gasteiger partial charge in [0, 0.05) is 6.04 Å². The number of esters is 1. The zero-order chi connectivity index (χ0) is 10.1. The number of methoxy groups -OCH3 is 1. The number of hydrogen-bond donors (Lipinski definition) is 1. The van der Waals surface area contributed by atoms with Gasteiger partial charge in [0.2, 0.25) is 0 Å². The summed E-state index contributed by atoms with van der Waals surface area (Å²) in [4.78, 5) is 11.4. The Balaban J connectivity index is 2.03. The number of rotatable bonds is 1. The molecule has 0 aromatic carbocycles. The maximum atomic E-state index is 11.4. The van der Waals surface area contributed by atoms with Gasteiger partial charge in [-0.05, 0) is 37.5 Å². The van der Waals surface area contributed by atoms with E-state index in [1.54, 1.807) is 0 Å². The Kier molecular flexibility index (Phi) is 2.77. The van der Waals surface area contributed by atoms with Crippen molar-refractivity contribution in [2.24, 2.45) is 23.5 Å². The number of ether oxygens (including phenoxy) is 1. The SMILES string of the molecule is COC(=O)C1CC2CCCC(C1)C2N. The third-order valence-electron chi connectivity index (χ3n) is 3.95. The van der Waals surface area contributed by atoms with Gasteiger partial charge in [0.1, 0.15) is 0 Å². The van der Waals surface area contributed by atoms with E-state index in [9.17, 15) is 4.79 Å². The number of nitrogens with two attached hydrogens (primary N) is 1. The van der Waals surface area contributed by atoms with Crippen LogP contribution in [0.2, 0.25) is 0 Å². The van der Waals surface area contributed by atoms with Crippen LogP contribution in [0.1, 0.15) is 32.1 Å². The topological polar surface area (TPSA) is 52.3 Å². The van der Waals surface area contributed by atoms with Gasteiger partial charge in [0.05, 0.1) is 13.0 Å². The molecule has 2 unspecified atom stereocenters. The molecular formula is C11H19NO2. The van der Waals surface area contributed by atoms with E-state index in [0.29, 0.717) is 17.9 Å². The third-order valence-corrected chi connectivity index (χ3v) is 3.95. The average Bonchev–Trinajstić information content (AvgIpc) is 2.16. The Morgan fingerprint density at radius 2 is 1.86 bits per heavy atom. The molecule has 2 aliphatic carbocycles. The van der Waals surface area contributed by atoms with Crippen molar-refractivity contribution >= 4 is 5.97 Å². The third kappa shape index (κ3) is 1.65. The van der Waals surface area contributed by atoms with Crippen molar-refractivity contribution in [3.63, 3.8) is 0 Å². The van der Waals surface area contributed by atoms with Gasteiger partial charge in [0.15, 0.2) is 0 Å². The lowest BCUT2D eigenvalue weighted by Crippen LogP contribution is -2.47. The largest absolute Gasteiger partial charge is 0.469 e. The van der Waals surface area contributed by atoms with E-state index >= 15 is 0 Å². The molecule has 0 saturated heterocycles. The predicted octanol–water partition coefficient (Wildman–Crippen LogP) is 1.31. The fraction of sp³-hybridized carbons (Fsp3) is 0.909. The van der Waals surface area contributed by atoms with Crippen molar-refractivity contribution in [2.75, 3.05) is 7.11 Å². The quantitative estimate of drug-likeness (QED) is 0.645. The van der Waals surface area contributed by atoms with Crippen molar-refractivity contribution in [1.82, 2.24) is 0 Å². The molecule has 2 fully saturated rings. The van der Waals surface area contributed by atoms with Crippen LogP contribution in [0.3, 0.4) is 0 Å². The summed E-state index contributed by atoms with van der Waals surface area (Å²) in [7, 11) is 1.48. The molecule has 14 heavy (non-hydrogen) atoms. The molecule has 3 heteroatoms. The summed E-state index contributed by atoms with van der Waals surface area (Å²) < 4.78 is 4.81. The summed E-state index contributed by atoms with van der Waals surface area (Å²) in [6.07, 6.45) is 5.59. The summed E-state index contributed by atoms with van der Waals surface area (Å²) in [5.74, 6) is 1.21. The Labute approximate surface area is 85.0 Å². The summed E-state index contributed by atoms with van der Waals surface area (Å²) in [6.45, 7) is 0. The molecule has 0 aliphatic heterocycles. The molecule has 0 radical (unpaired) electrons. The molecule has 2 aliphatic rings. The van der Waals surface area contributed by atoms with E-state index in [2.05, 4.69) is 0 Å². The minimum atomic E-state index is -0.0335. The lowest BCUT2D eigenvalue weighted by atomic mass is 9.65. The number of hydrogen-bond acceptors (Lipinski definition) is 3. The number of carbonyl (C=O) groups excluding carboxylic acids is 1. The molecule has 0 aromatic rings. The van der Waals surface area contributed by atoms with Crippen molar-refractivity contribution in [2.45, 2.75) is 38.1 Å². The standard InChI is InChI=1S/C11H19NO2/c1-14-11(13)9-5-7-3-2-4-8(6-9)10(7)12/h7-10H,2-6,12H2,1H3. The van der Waals surface area contributed by atoms with Crippen molar-refractivity contribution in [1.29, 1.82) is 0 Å². The van der Waals surface area contributed by atoms with Gasteiger partial charge < -0.3 is 10.5 Å². The first-order chi connectivity index (χ1) is 6.72. The van der Waals surface area contributed by atoms with E-state index < -0.39 is 0 Å². The highest BCUT2D eigenvalue weighted by atomic mass is 16.5. The minimum absolute atomic E-state index is 0.0335. The van der Waals surface area contributed by atoms with Crippen LogP contribution in [0.15, 0.2) is 0 Å². The maximum absolute atomic E-state index is 11.4. The normalized spacial score (nSPS) is 41.9. The van der Waals surface area contributed by atoms with E-state index in [0.717, 1.165) is 12.8 Å². The van der Waals surface area contributed by atoms with Gasteiger partial charge >= 0.3 is 5.97 Å². The van der Waals surface area contributed by atoms with Gasteiger partial charge in [-0.1, -0.05) is 6.42 Å². The Bertz CT molecular complexity index is 215. The second-order valence-corrected chi connectivity index (χ2v) is 4.72. The number of carbonyl (C=O) groups is 1. The second-order valence-electron chi connectivity index (χ2n) is 4.72. The van der Waals surface area contributed by atoms with Crippen LogP contribution >= 0.6 is 0 Å². The molecule has 0 amide bonds. The van der Waals surface area contributed by atoms with Crippen LogP contribution < -0.4 is 5.73 Å². The highest BCUT2D eigenvalue weighted by Gasteiger charge is 2.40. The van der Waals surface area contributed by atoms with Crippen molar-refractivity contribution in [3.05, 3.63) is 0 Å². The number of fused-ring (bicyclic) bond motifs is 2. The van der Waals surface area contributed by atoms with Crippen LogP contribution in [0.25, 0.3) is 0 Å². The Morgan fingerprint density at radius 1 is 1.29 bits per heavy atom. The first-order valence-corrected chi connectivity index (χ1v) is 5.55. The van der Waals surface area contributed by atoms with Crippen molar-refractivity contribution < 1.29 is 9.53 Å². The summed E-state index contributed by atoms with van der Waals surface area (Å²) >= 11 is 0. The van der Waals surface area contributed by atoms with Crippen LogP contribution in [-0.2, 0) is 9.53 Å². The van der Waals surface area contributed by atoms with E-state index in [1.165, 1.54) is 26.4 Å². The van der Waals surface area contributed by atoms with Crippen molar-refractivity contribution in [3.8, 4) is 0 Å². The molecule has 3 nitrogen and oxygen atoms in total. The fourth-order valence-electron chi connectivity index (χ4n) is 3.15. The van der Waals surface area contributed by atoms with Gasteiger partial charge in [0.25, 0.3) is 0 Å². The lowest BCUT2D eigenvalue weighted by molar-refractivity contribution is -0.148. The van der Waals surface area contributed by atoms with Crippen LogP contribution in [0.4, 0.5) is 0 Å². The molecule has 2 rings (SSSR count). The molecule has 2 bridgehead atoms. The van der Waals surface area contributed by atoms with E-state index in [1.807, 2.05) is 0 Å². The minimum Gasteiger partial charge on any atom is -0.469 e. The maximum Gasteiger partial charge on any atom is 0.308 e. The highest BCUT2D eigenvalue weighted by Crippen LogP contribution is 2.42. The fourth-order valence-corrected chi connectivity index (χ4v) is 3.15. The smallest absolute Gasteiger partial charge is 0.308 e. The predicted molar refractivity (Wildman–Crippen MR) is 53.5 cm³/mol. The van der Waals surface area contributed by atoms with Gasteiger partial charge in [-0.3, -0.25) is 4.79 Å². The van der Waals surface area contributed by atoms with Gasteiger partial charge in [-0.2, -0.15) is 0 Å². The Morgan fingerprint density at radius 3 is 2.36 bits per heavy atom. The molecule has 0 spiro atoms. The highest BCUT2D eigenvalue weighted by molar-refractivity contribution is 5.72. The molecule has 0 heterocycles. The first kappa shape index (κ1) is 9.97. The van der Waals surface area contributed by atoms with Gasteiger partial charge in [-0.15, -0.1) is 0 Å². The molecule has 0 aromatic heterocycles. The summed E-state index contributed by atoms with van der Waals surface area (Å²) in [5, 5.41) is 0. The average molecular weight is 197 g/mol. The zero-order valence-electron chi connectivity index (χ0n) is 8.74. The zero-order valence-corrected chi connectivity index (χ0v) is 8.74.